The number of carboxylic acid groups (broad SMARTS) is 1. The fourth-order valence-corrected chi connectivity index (χ4v) is 2.02. The zero-order chi connectivity index (χ0) is 13.3. The molecule has 1 heterocycles. The maximum absolute atomic E-state index is 11.1. The van der Waals surface area contributed by atoms with Crippen LogP contribution in [0.3, 0.4) is 0 Å². The van der Waals surface area contributed by atoms with Crippen molar-refractivity contribution < 1.29 is 9.90 Å². The Morgan fingerprint density at radius 3 is 2.50 bits per heavy atom. The van der Waals surface area contributed by atoms with Crippen molar-refractivity contribution in [2.24, 2.45) is 0 Å². The van der Waals surface area contributed by atoms with Gasteiger partial charge < -0.3 is 5.11 Å². The number of aromatic nitrogens is 1. The van der Waals surface area contributed by atoms with Crippen LogP contribution >= 0.6 is 34.8 Å². The molecule has 3 nitrogen and oxygen atoms in total. The molecular formula is C12H6Cl3NO2. The van der Waals surface area contributed by atoms with Crippen LogP contribution in [0, 0.1) is 0 Å². The Kier molecular flexibility index (Phi) is 3.76. The summed E-state index contributed by atoms with van der Waals surface area (Å²) in [6.45, 7) is 0. The summed E-state index contributed by atoms with van der Waals surface area (Å²) in [4.78, 5) is 15.2. The second-order valence-electron chi connectivity index (χ2n) is 3.46. The van der Waals surface area contributed by atoms with E-state index in [0.29, 0.717) is 15.6 Å². The molecule has 0 bridgehead atoms. The standard InChI is InChI=1S/C12H6Cl3NO2/c13-6-1-3-9(14)8(5-6)11-7(12(17)18)2-4-10(15)16-11/h1-5H,(H,17,18). The fourth-order valence-electron chi connectivity index (χ4n) is 1.49. The number of carbonyl (C=O) groups is 1. The van der Waals surface area contributed by atoms with Crippen molar-refractivity contribution in [2.75, 3.05) is 0 Å². The number of carboxylic acids is 1. The highest BCUT2D eigenvalue weighted by atomic mass is 35.5. The number of pyridine rings is 1. The largest absolute Gasteiger partial charge is 0.478 e. The van der Waals surface area contributed by atoms with Crippen molar-refractivity contribution in [3.8, 4) is 11.3 Å². The normalized spacial score (nSPS) is 10.4. The van der Waals surface area contributed by atoms with Crippen LogP contribution in [-0.2, 0) is 0 Å². The molecule has 1 aromatic heterocycles. The predicted molar refractivity (Wildman–Crippen MR) is 71.7 cm³/mol. The fraction of sp³-hybridized carbons (Fsp3) is 0. The van der Waals surface area contributed by atoms with Crippen LogP contribution in [-0.4, -0.2) is 16.1 Å². The Balaban J connectivity index is 2.73. The van der Waals surface area contributed by atoms with Crippen LogP contribution in [0.15, 0.2) is 30.3 Å². The van der Waals surface area contributed by atoms with Crippen LogP contribution in [0.25, 0.3) is 11.3 Å². The first-order valence-corrected chi connectivity index (χ1v) is 5.97. The number of hydrogen-bond donors (Lipinski definition) is 1. The minimum atomic E-state index is -1.11. The Hall–Kier alpha value is -1.29. The maximum atomic E-state index is 11.1. The van der Waals surface area contributed by atoms with E-state index in [1.165, 1.54) is 12.1 Å². The molecule has 0 saturated carbocycles. The third-order valence-electron chi connectivity index (χ3n) is 2.28. The Bertz CT molecular complexity index is 629. The SMILES string of the molecule is O=C(O)c1ccc(Cl)nc1-c1cc(Cl)ccc1Cl. The Labute approximate surface area is 118 Å². The topological polar surface area (TPSA) is 50.2 Å². The number of benzene rings is 1. The van der Waals surface area contributed by atoms with Gasteiger partial charge in [-0.05, 0) is 30.3 Å². The number of aromatic carboxylic acids is 1. The van der Waals surface area contributed by atoms with Gasteiger partial charge >= 0.3 is 5.97 Å². The highest BCUT2D eigenvalue weighted by Gasteiger charge is 2.16. The number of hydrogen-bond acceptors (Lipinski definition) is 2. The summed E-state index contributed by atoms with van der Waals surface area (Å²) in [5.41, 5.74) is 0.648. The van der Waals surface area contributed by atoms with E-state index in [0.717, 1.165) is 0 Å². The van der Waals surface area contributed by atoms with Gasteiger partial charge in [-0.3, -0.25) is 0 Å². The van der Waals surface area contributed by atoms with Gasteiger partial charge in [-0.25, -0.2) is 9.78 Å². The lowest BCUT2D eigenvalue weighted by Crippen LogP contribution is -2.02. The molecule has 0 aliphatic rings. The van der Waals surface area contributed by atoms with E-state index in [-0.39, 0.29) is 16.4 Å². The summed E-state index contributed by atoms with van der Waals surface area (Å²) in [5, 5.41) is 10.1. The van der Waals surface area contributed by atoms with E-state index in [1.807, 2.05) is 0 Å². The van der Waals surface area contributed by atoms with Crippen molar-refractivity contribution >= 4 is 40.8 Å². The second kappa shape index (κ2) is 5.14. The van der Waals surface area contributed by atoms with Crippen molar-refractivity contribution in [3.05, 3.63) is 51.1 Å². The van der Waals surface area contributed by atoms with E-state index in [1.54, 1.807) is 18.2 Å². The molecule has 2 rings (SSSR count). The molecule has 0 fully saturated rings. The van der Waals surface area contributed by atoms with Crippen molar-refractivity contribution in [3.63, 3.8) is 0 Å². The first-order valence-electron chi connectivity index (χ1n) is 4.84. The van der Waals surface area contributed by atoms with Crippen molar-refractivity contribution in [1.29, 1.82) is 0 Å². The molecular weight excluding hydrogens is 296 g/mol. The molecule has 0 aliphatic heterocycles. The Morgan fingerprint density at radius 2 is 1.83 bits per heavy atom. The molecule has 92 valence electrons. The summed E-state index contributed by atoms with van der Waals surface area (Å²) in [6, 6.07) is 7.53. The van der Waals surface area contributed by atoms with Gasteiger partial charge in [0.1, 0.15) is 5.15 Å². The van der Waals surface area contributed by atoms with Crippen LogP contribution in [0.2, 0.25) is 15.2 Å². The van der Waals surface area contributed by atoms with E-state index < -0.39 is 5.97 Å². The first kappa shape index (κ1) is 13.1. The Morgan fingerprint density at radius 1 is 1.11 bits per heavy atom. The van der Waals surface area contributed by atoms with Gasteiger partial charge in [-0.15, -0.1) is 0 Å². The summed E-state index contributed by atoms with van der Waals surface area (Å²) >= 11 is 17.7. The van der Waals surface area contributed by atoms with Gasteiger partial charge in [0.2, 0.25) is 0 Å². The lowest BCUT2D eigenvalue weighted by Gasteiger charge is -2.08. The lowest BCUT2D eigenvalue weighted by molar-refractivity contribution is 0.0697. The monoisotopic (exact) mass is 301 g/mol. The minimum absolute atomic E-state index is 0.0172. The average molecular weight is 303 g/mol. The smallest absolute Gasteiger partial charge is 0.337 e. The summed E-state index contributed by atoms with van der Waals surface area (Å²) in [6.07, 6.45) is 0. The molecule has 0 aliphatic carbocycles. The minimum Gasteiger partial charge on any atom is -0.478 e. The molecule has 0 amide bonds. The molecule has 0 atom stereocenters. The van der Waals surface area contributed by atoms with Crippen LogP contribution < -0.4 is 0 Å². The van der Waals surface area contributed by atoms with Crippen LogP contribution in [0.1, 0.15) is 10.4 Å². The molecule has 1 N–H and O–H groups in total. The molecule has 0 saturated heterocycles. The molecule has 0 radical (unpaired) electrons. The van der Waals surface area contributed by atoms with E-state index >= 15 is 0 Å². The lowest BCUT2D eigenvalue weighted by atomic mass is 10.1. The number of rotatable bonds is 2. The zero-order valence-corrected chi connectivity index (χ0v) is 11.1. The van der Waals surface area contributed by atoms with Gasteiger partial charge in [0.25, 0.3) is 0 Å². The molecule has 6 heteroatoms. The molecule has 0 unspecified atom stereocenters. The van der Waals surface area contributed by atoms with Gasteiger partial charge in [0, 0.05) is 10.6 Å². The molecule has 18 heavy (non-hydrogen) atoms. The van der Waals surface area contributed by atoms with Crippen molar-refractivity contribution in [2.45, 2.75) is 0 Å². The predicted octanol–water partition coefficient (Wildman–Crippen LogP) is 4.41. The number of nitrogens with zero attached hydrogens (tertiary/aromatic N) is 1. The maximum Gasteiger partial charge on any atom is 0.337 e. The molecule has 1 aromatic carbocycles. The van der Waals surface area contributed by atoms with Crippen LogP contribution in [0.5, 0.6) is 0 Å². The summed E-state index contributed by atoms with van der Waals surface area (Å²) in [7, 11) is 0. The number of halogens is 3. The highest BCUT2D eigenvalue weighted by Crippen LogP contribution is 2.32. The zero-order valence-electron chi connectivity index (χ0n) is 8.82. The van der Waals surface area contributed by atoms with Gasteiger partial charge in [0.15, 0.2) is 0 Å². The van der Waals surface area contributed by atoms with E-state index in [9.17, 15) is 4.79 Å². The van der Waals surface area contributed by atoms with Gasteiger partial charge in [-0.2, -0.15) is 0 Å². The quantitative estimate of drug-likeness (QED) is 0.836. The second-order valence-corrected chi connectivity index (χ2v) is 4.69. The summed E-state index contributed by atoms with van der Waals surface area (Å²) < 4.78 is 0. The molecule has 2 aromatic rings. The first-order chi connectivity index (χ1) is 8.49. The van der Waals surface area contributed by atoms with E-state index in [2.05, 4.69) is 4.98 Å². The van der Waals surface area contributed by atoms with Gasteiger partial charge in [-0.1, -0.05) is 34.8 Å². The average Bonchev–Trinajstić information content (AvgIpc) is 2.31. The van der Waals surface area contributed by atoms with Crippen LogP contribution in [0.4, 0.5) is 0 Å². The third-order valence-corrected chi connectivity index (χ3v) is 3.05. The third kappa shape index (κ3) is 2.58. The summed E-state index contributed by atoms with van der Waals surface area (Å²) in [5.74, 6) is -1.11. The van der Waals surface area contributed by atoms with Gasteiger partial charge in [0.05, 0.1) is 16.3 Å². The molecule has 0 spiro atoms. The highest BCUT2D eigenvalue weighted by molar-refractivity contribution is 6.35. The van der Waals surface area contributed by atoms with Crippen molar-refractivity contribution in [1.82, 2.24) is 4.98 Å². The van der Waals surface area contributed by atoms with E-state index in [4.69, 9.17) is 39.9 Å².